The maximum atomic E-state index is 11.0. The molecule has 0 N–H and O–H groups in total. The fourth-order valence-corrected chi connectivity index (χ4v) is 2.47. The van der Waals surface area contributed by atoms with Gasteiger partial charge in [-0.05, 0) is 6.92 Å². The van der Waals surface area contributed by atoms with Gasteiger partial charge in [-0.1, -0.05) is 0 Å². The minimum Gasteiger partial charge on any atom is -0.302 e. The second-order valence-electron chi connectivity index (χ2n) is 3.99. The first kappa shape index (κ1) is 10.8. The Bertz CT molecular complexity index is 338. The zero-order valence-corrected chi connectivity index (χ0v) is 9.85. The van der Waals surface area contributed by atoms with Gasteiger partial charge in [0.05, 0.1) is 10.7 Å². The summed E-state index contributed by atoms with van der Waals surface area (Å²) in [5.74, 6) is 0.413. The largest absolute Gasteiger partial charge is 0.302 e. The molecule has 0 amide bonds. The number of thiazole rings is 1. The van der Waals surface area contributed by atoms with Crippen molar-refractivity contribution in [2.75, 3.05) is 19.6 Å². The van der Waals surface area contributed by atoms with E-state index in [4.69, 9.17) is 0 Å². The van der Waals surface area contributed by atoms with Crippen LogP contribution in [0, 0.1) is 6.92 Å². The molecule has 1 aliphatic heterocycles. The highest BCUT2D eigenvalue weighted by atomic mass is 32.1. The molecular weight excluding hydrogens is 208 g/mol. The molecule has 4 heteroatoms. The van der Waals surface area contributed by atoms with Gasteiger partial charge in [0.1, 0.15) is 5.78 Å². The number of hydrogen-bond acceptors (Lipinski definition) is 4. The minimum absolute atomic E-state index is 0.413. The Labute approximate surface area is 94.1 Å². The van der Waals surface area contributed by atoms with Crippen LogP contribution in [-0.4, -0.2) is 35.3 Å². The number of hydrogen-bond donors (Lipinski definition) is 0. The summed E-state index contributed by atoms with van der Waals surface area (Å²) in [5, 5.41) is 3.27. The van der Waals surface area contributed by atoms with E-state index in [1.807, 2.05) is 6.92 Å². The zero-order valence-electron chi connectivity index (χ0n) is 9.03. The molecule has 0 atom stereocenters. The minimum atomic E-state index is 0.413. The molecule has 1 aliphatic rings. The summed E-state index contributed by atoms with van der Waals surface area (Å²) < 4.78 is 0. The summed E-state index contributed by atoms with van der Waals surface area (Å²) in [7, 11) is 0. The van der Waals surface area contributed by atoms with E-state index >= 15 is 0 Å². The standard InChI is InChI=1S/C11H16N2OS/c1-9-12-10(8-15-9)2-5-13-6-3-11(14)4-7-13/h8H,2-7H2,1H3. The Morgan fingerprint density at radius 2 is 2.20 bits per heavy atom. The van der Waals surface area contributed by atoms with Gasteiger partial charge in [0.25, 0.3) is 0 Å². The van der Waals surface area contributed by atoms with Crippen molar-refractivity contribution in [2.45, 2.75) is 26.2 Å². The molecule has 0 spiro atoms. The van der Waals surface area contributed by atoms with Crippen molar-refractivity contribution >= 4 is 17.1 Å². The molecule has 15 heavy (non-hydrogen) atoms. The number of Topliss-reactive ketones (excluding diaryl/α,β-unsaturated/α-hetero) is 1. The van der Waals surface area contributed by atoms with Gasteiger partial charge in [-0.2, -0.15) is 0 Å². The van der Waals surface area contributed by atoms with E-state index in [0.717, 1.165) is 43.9 Å². The van der Waals surface area contributed by atoms with Crippen LogP contribution in [0.15, 0.2) is 5.38 Å². The normalized spacial score (nSPS) is 18.3. The molecule has 2 rings (SSSR count). The summed E-state index contributed by atoms with van der Waals surface area (Å²) in [6, 6.07) is 0. The van der Waals surface area contributed by atoms with Crippen molar-refractivity contribution in [2.24, 2.45) is 0 Å². The molecule has 0 aromatic carbocycles. The Morgan fingerprint density at radius 3 is 2.80 bits per heavy atom. The lowest BCUT2D eigenvalue weighted by Gasteiger charge is -2.25. The number of ketones is 1. The molecular formula is C11H16N2OS. The van der Waals surface area contributed by atoms with Gasteiger partial charge < -0.3 is 4.90 Å². The molecule has 0 bridgehead atoms. The highest BCUT2D eigenvalue weighted by Gasteiger charge is 2.15. The average Bonchev–Trinajstić information content (AvgIpc) is 2.64. The predicted octanol–water partition coefficient (Wildman–Crippen LogP) is 1.66. The monoisotopic (exact) mass is 224 g/mol. The van der Waals surface area contributed by atoms with Crippen LogP contribution >= 0.6 is 11.3 Å². The first-order valence-electron chi connectivity index (χ1n) is 5.39. The number of carbonyl (C=O) groups excluding carboxylic acids is 1. The van der Waals surface area contributed by atoms with Crippen LogP contribution < -0.4 is 0 Å². The van der Waals surface area contributed by atoms with Gasteiger partial charge in [0.2, 0.25) is 0 Å². The SMILES string of the molecule is Cc1nc(CCN2CCC(=O)CC2)cs1. The van der Waals surface area contributed by atoms with Crippen LogP contribution in [-0.2, 0) is 11.2 Å². The summed E-state index contributed by atoms with van der Waals surface area (Å²) in [6.45, 7) is 4.94. The molecule has 1 fully saturated rings. The quantitative estimate of drug-likeness (QED) is 0.783. The van der Waals surface area contributed by atoms with Gasteiger partial charge in [0, 0.05) is 44.3 Å². The third kappa shape index (κ3) is 3.11. The van der Waals surface area contributed by atoms with E-state index in [1.54, 1.807) is 11.3 Å². The number of carbonyl (C=O) groups is 1. The van der Waals surface area contributed by atoms with Crippen LogP contribution in [0.1, 0.15) is 23.5 Å². The van der Waals surface area contributed by atoms with Crippen LogP contribution in [0.25, 0.3) is 0 Å². The predicted molar refractivity (Wildman–Crippen MR) is 61.2 cm³/mol. The van der Waals surface area contributed by atoms with E-state index in [1.165, 1.54) is 5.69 Å². The van der Waals surface area contributed by atoms with E-state index in [-0.39, 0.29) is 0 Å². The van der Waals surface area contributed by atoms with E-state index in [0.29, 0.717) is 5.78 Å². The van der Waals surface area contributed by atoms with Gasteiger partial charge in [0.15, 0.2) is 0 Å². The Balaban J connectivity index is 1.76. The fourth-order valence-electron chi connectivity index (χ4n) is 1.82. The Hall–Kier alpha value is -0.740. The Kier molecular flexibility index (Phi) is 3.49. The average molecular weight is 224 g/mol. The number of rotatable bonds is 3. The third-order valence-corrected chi connectivity index (χ3v) is 3.59. The molecule has 0 saturated carbocycles. The van der Waals surface area contributed by atoms with Gasteiger partial charge in [-0.3, -0.25) is 4.79 Å². The van der Waals surface area contributed by atoms with Crippen molar-refractivity contribution < 1.29 is 4.79 Å². The van der Waals surface area contributed by atoms with E-state index in [9.17, 15) is 4.79 Å². The smallest absolute Gasteiger partial charge is 0.135 e. The molecule has 1 aromatic heterocycles. The van der Waals surface area contributed by atoms with E-state index in [2.05, 4.69) is 15.3 Å². The van der Waals surface area contributed by atoms with E-state index < -0.39 is 0 Å². The number of piperidine rings is 1. The first-order chi connectivity index (χ1) is 7.24. The number of aryl methyl sites for hydroxylation is 1. The molecule has 1 aromatic rings. The lowest BCUT2D eigenvalue weighted by Crippen LogP contribution is -2.35. The topological polar surface area (TPSA) is 33.2 Å². The number of likely N-dealkylation sites (tertiary alicyclic amines) is 1. The molecule has 2 heterocycles. The van der Waals surface area contributed by atoms with Crippen molar-refractivity contribution in [3.63, 3.8) is 0 Å². The molecule has 0 aliphatic carbocycles. The lowest BCUT2D eigenvalue weighted by molar-refractivity contribution is -0.121. The highest BCUT2D eigenvalue weighted by molar-refractivity contribution is 7.09. The summed E-state index contributed by atoms with van der Waals surface area (Å²) in [6.07, 6.45) is 2.48. The fraction of sp³-hybridized carbons (Fsp3) is 0.636. The van der Waals surface area contributed by atoms with Crippen LogP contribution in [0.5, 0.6) is 0 Å². The highest BCUT2D eigenvalue weighted by Crippen LogP contribution is 2.11. The van der Waals surface area contributed by atoms with Crippen molar-refractivity contribution in [1.29, 1.82) is 0 Å². The molecule has 1 saturated heterocycles. The zero-order chi connectivity index (χ0) is 10.7. The molecule has 3 nitrogen and oxygen atoms in total. The second-order valence-corrected chi connectivity index (χ2v) is 5.05. The van der Waals surface area contributed by atoms with Gasteiger partial charge in [-0.25, -0.2) is 4.98 Å². The van der Waals surface area contributed by atoms with Crippen molar-refractivity contribution in [1.82, 2.24) is 9.88 Å². The van der Waals surface area contributed by atoms with Crippen molar-refractivity contribution in [3.8, 4) is 0 Å². The summed E-state index contributed by atoms with van der Waals surface area (Å²) >= 11 is 1.71. The second kappa shape index (κ2) is 4.86. The number of nitrogens with zero attached hydrogens (tertiary/aromatic N) is 2. The van der Waals surface area contributed by atoms with Crippen LogP contribution in [0.2, 0.25) is 0 Å². The lowest BCUT2D eigenvalue weighted by atomic mass is 10.1. The third-order valence-electron chi connectivity index (χ3n) is 2.76. The van der Waals surface area contributed by atoms with Crippen LogP contribution in [0.4, 0.5) is 0 Å². The first-order valence-corrected chi connectivity index (χ1v) is 6.27. The molecule has 0 radical (unpaired) electrons. The maximum Gasteiger partial charge on any atom is 0.135 e. The maximum absolute atomic E-state index is 11.0. The van der Waals surface area contributed by atoms with Crippen LogP contribution in [0.3, 0.4) is 0 Å². The molecule has 0 unspecified atom stereocenters. The molecule has 82 valence electrons. The van der Waals surface area contributed by atoms with Gasteiger partial charge in [-0.15, -0.1) is 11.3 Å². The summed E-state index contributed by atoms with van der Waals surface area (Å²) in [5.41, 5.74) is 1.19. The number of aromatic nitrogens is 1. The van der Waals surface area contributed by atoms with Gasteiger partial charge >= 0.3 is 0 Å². The summed E-state index contributed by atoms with van der Waals surface area (Å²) in [4.78, 5) is 17.8. The van der Waals surface area contributed by atoms with Crippen molar-refractivity contribution in [3.05, 3.63) is 16.1 Å². The Morgan fingerprint density at radius 1 is 1.47 bits per heavy atom.